The molecule has 0 radical (unpaired) electrons. The number of anilines is 1. The number of guanidine groups is 1. The van der Waals surface area contributed by atoms with Crippen LogP contribution in [0.4, 0.5) is 15.3 Å². The maximum absolute atomic E-state index is 13.3. The van der Waals surface area contributed by atoms with Crippen molar-refractivity contribution in [1.82, 2.24) is 21.3 Å². The molecule has 4 rings (SSSR count). The smallest absolute Gasteiger partial charge is 0.437 e. The van der Waals surface area contributed by atoms with Gasteiger partial charge in [0.25, 0.3) is 5.91 Å². The molecule has 6 N–H and O–H groups in total. The number of carbonyl (C=O) groups excluding carboxylic acids is 4. The largest absolute Gasteiger partial charge is 0.444 e. The summed E-state index contributed by atoms with van der Waals surface area (Å²) in [6.07, 6.45) is -0.780. The van der Waals surface area contributed by atoms with Crippen molar-refractivity contribution < 1.29 is 38.5 Å². The number of aryl methyl sites for hydroxylation is 1. The Bertz CT molecular complexity index is 1890. The van der Waals surface area contributed by atoms with E-state index in [1.165, 1.54) is 7.11 Å². The zero-order chi connectivity index (χ0) is 41.2. The molecule has 2 unspecified atom stereocenters. The topological polar surface area (TPSA) is 189 Å². The number of hydrogen-bond donors (Lipinski definition) is 6. The van der Waals surface area contributed by atoms with Crippen LogP contribution in [0.5, 0.6) is 0 Å². The molecule has 3 aromatic rings. The van der Waals surface area contributed by atoms with E-state index >= 15 is 0 Å². The molecule has 4 amide bonds. The number of rotatable bonds is 11. The third-order valence-electron chi connectivity index (χ3n) is 8.25. The summed E-state index contributed by atoms with van der Waals surface area (Å²) in [7, 11) is 1.27. The average molecular weight is 814 g/mol. The van der Waals surface area contributed by atoms with Crippen molar-refractivity contribution in [1.29, 1.82) is 0 Å². The molecule has 3 atom stereocenters. The molecule has 1 aliphatic rings. The third kappa shape index (κ3) is 13.5. The van der Waals surface area contributed by atoms with Gasteiger partial charge < -0.3 is 40.6 Å². The first kappa shape index (κ1) is 44.0. The molecule has 0 aliphatic heterocycles. The predicted molar refractivity (Wildman–Crippen MR) is 216 cm³/mol. The van der Waals surface area contributed by atoms with Crippen LogP contribution < -0.4 is 26.6 Å². The van der Waals surface area contributed by atoms with Gasteiger partial charge in [-0.15, -0.1) is 4.99 Å². The quantitative estimate of drug-likeness (QED) is 0.0688. The number of hydrogen-bond acceptors (Lipinski definition) is 9. The van der Waals surface area contributed by atoms with Crippen LogP contribution in [0.3, 0.4) is 0 Å². The Morgan fingerprint density at radius 3 is 2.20 bits per heavy atom. The fraction of sp³-hybridized carbons (Fsp3) is 0.425. The number of nitrogens with zero attached hydrogens (tertiary/aromatic N) is 1. The van der Waals surface area contributed by atoms with Crippen LogP contribution in [0.15, 0.2) is 65.7 Å². The Morgan fingerprint density at radius 2 is 1.57 bits per heavy atom. The first-order valence-electron chi connectivity index (χ1n) is 18.1. The number of benzene rings is 3. The van der Waals surface area contributed by atoms with Crippen molar-refractivity contribution >= 4 is 58.8 Å². The van der Waals surface area contributed by atoms with E-state index in [0.29, 0.717) is 5.69 Å². The van der Waals surface area contributed by atoms with Crippen LogP contribution in [0.1, 0.15) is 81.9 Å². The summed E-state index contributed by atoms with van der Waals surface area (Å²) >= 11 is 13.0. The minimum absolute atomic E-state index is 0.0167. The maximum Gasteiger partial charge on any atom is 0.437 e. The van der Waals surface area contributed by atoms with Gasteiger partial charge in [-0.05, 0) is 107 Å². The van der Waals surface area contributed by atoms with Gasteiger partial charge in [0.05, 0.1) is 28.2 Å². The number of ether oxygens (including phenoxy) is 3. The molecule has 56 heavy (non-hydrogen) atoms. The van der Waals surface area contributed by atoms with Crippen LogP contribution in [0.25, 0.3) is 11.1 Å². The van der Waals surface area contributed by atoms with Gasteiger partial charge >= 0.3 is 12.2 Å². The number of carbonyl (C=O) groups is 4. The van der Waals surface area contributed by atoms with E-state index in [9.17, 15) is 24.3 Å². The van der Waals surface area contributed by atoms with E-state index in [0.717, 1.165) is 41.5 Å². The van der Waals surface area contributed by atoms with E-state index in [-0.39, 0.29) is 40.7 Å². The van der Waals surface area contributed by atoms with Gasteiger partial charge in [-0.2, -0.15) is 0 Å². The molecule has 0 saturated carbocycles. The van der Waals surface area contributed by atoms with E-state index in [4.69, 9.17) is 37.4 Å². The highest BCUT2D eigenvalue weighted by atomic mass is 35.5. The molecule has 0 saturated heterocycles. The Hall–Kier alpha value is -4.73. The summed E-state index contributed by atoms with van der Waals surface area (Å²) in [6.45, 7) is 9.97. The first-order valence-corrected chi connectivity index (χ1v) is 18.8. The van der Waals surface area contributed by atoms with E-state index in [1.54, 1.807) is 59.7 Å². The second kappa shape index (κ2) is 19.4. The van der Waals surface area contributed by atoms with Crippen molar-refractivity contribution in [3.05, 3.63) is 87.4 Å². The normalized spacial score (nSPS) is 15.5. The third-order valence-corrected chi connectivity index (χ3v) is 8.84. The van der Waals surface area contributed by atoms with E-state index in [2.05, 4.69) is 31.6 Å². The lowest BCUT2D eigenvalue weighted by Gasteiger charge is -2.28. The van der Waals surface area contributed by atoms with Crippen LogP contribution in [-0.2, 0) is 25.4 Å². The van der Waals surface area contributed by atoms with Gasteiger partial charge in [0, 0.05) is 25.4 Å². The number of aliphatic hydroxyl groups is 1. The van der Waals surface area contributed by atoms with Crippen molar-refractivity contribution in [2.75, 3.05) is 25.5 Å². The molecule has 1 aliphatic carbocycles. The molecular formula is C40H50Cl2N6O8. The van der Waals surface area contributed by atoms with Crippen LogP contribution in [0.2, 0.25) is 10.0 Å². The van der Waals surface area contributed by atoms with Crippen LogP contribution in [0, 0.1) is 0 Å². The molecule has 0 fully saturated rings. The predicted octanol–water partition coefficient (Wildman–Crippen LogP) is 6.73. The van der Waals surface area contributed by atoms with Crippen molar-refractivity contribution in [3.63, 3.8) is 0 Å². The highest BCUT2D eigenvalue weighted by Gasteiger charge is 2.27. The van der Waals surface area contributed by atoms with Crippen molar-refractivity contribution in [2.24, 2.45) is 4.99 Å². The molecule has 14 nitrogen and oxygen atoms in total. The van der Waals surface area contributed by atoms with Crippen LogP contribution >= 0.6 is 23.2 Å². The minimum Gasteiger partial charge on any atom is -0.444 e. The lowest BCUT2D eigenvalue weighted by molar-refractivity contribution is -0.122. The number of alkyl carbamates (subject to hydrolysis) is 1. The molecule has 0 spiro atoms. The molecule has 0 bridgehead atoms. The Balaban J connectivity index is 1.41. The summed E-state index contributed by atoms with van der Waals surface area (Å²) in [6, 6.07) is 17.0. The first-order chi connectivity index (χ1) is 26.3. The second-order valence-electron chi connectivity index (χ2n) is 15.1. The van der Waals surface area contributed by atoms with Gasteiger partial charge in [0.2, 0.25) is 11.9 Å². The standard InChI is InChI=1S/C40H50Cl2N6O8/c1-39(2,3)55-37(52)47-36(48-38(53)56-40(4,5)6)45-26-17-16-24-14-11-15-30(27(24)20-26)43-22-32(49)44-21-31(35(51)54-7)46-34(50)33-28(41)18-25(19-29(33)42)23-12-9-8-10-13-23/h8-10,12-13,16-20,30-31,35,43,51H,11,14-15,21-22H2,1-7H3,(H,44,49)(H,46,50)(H2,45,47,48,52,53)/t30?,31-,35?/m0/s1. The zero-order valence-electron chi connectivity index (χ0n) is 32.5. The fourth-order valence-electron chi connectivity index (χ4n) is 5.81. The average Bonchev–Trinajstić information content (AvgIpc) is 3.10. The molecule has 302 valence electrons. The van der Waals surface area contributed by atoms with Crippen molar-refractivity contribution in [3.8, 4) is 11.1 Å². The fourth-order valence-corrected chi connectivity index (χ4v) is 6.47. The Labute approximate surface area is 337 Å². The Kier molecular flexibility index (Phi) is 15.3. The zero-order valence-corrected chi connectivity index (χ0v) is 34.1. The lowest BCUT2D eigenvalue weighted by Crippen LogP contribution is -2.52. The van der Waals surface area contributed by atoms with Gasteiger partial charge in [0.1, 0.15) is 11.2 Å². The number of halogens is 2. The van der Waals surface area contributed by atoms with Crippen molar-refractivity contribution in [2.45, 2.75) is 90.4 Å². The number of aliphatic imine (C=N–C) groups is 1. The number of aliphatic hydroxyl groups excluding tert-OH is 1. The molecule has 0 aromatic heterocycles. The highest BCUT2D eigenvalue weighted by molar-refractivity contribution is 6.40. The maximum atomic E-state index is 13.3. The minimum atomic E-state index is -1.46. The van der Waals surface area contributed by atoms with Gasteiger partial charge in [0.15, 0.2) is 6.29 Å². The van der Waals surface area contributed by atoms with Gasteiger partial charge in [-0.3, -0.25) is 14.9 Å². The number of amides is 4. The van der Waals surface area contributed by atoms with Gasteiger partial charge in [-0.25, -0.2) is 9.59 Å². The summed E-state index contributed by atoms with van der Waals surface area (Å²) in [5.74, 6) is -1.25. The molecular weight excluding hydrogens is 763 g/mol. The summed E-state index contributed by atoms with van der Waals surface area (Å²) in [4.78, 5) is 55.5. The monoisotopic (exact) mass is 812 g/mol. The summed E-state index contributed by atoms with van der Waals surface area (Å²) in [5, 5.41) is 24.9. The number of nitrogens with one attached hydrogen (secondary N) is 5. The van der Waals surface area contributed by atoms with E-state index in [1.807, 2.05) is 42.5 Å². The molecule has 0 heterocycles. The highest BCUT2D eigenvalue weighted by Crippen LogP contribution is 2.33. The number of fused-ring (bicyclic) bond motifs is 1. The molecule has 16 heteroatoms. The summed E-state index contributed by atoms with van der Waals surface area (Å²) in [5.41, 5.74) is 2.49. The lowest BCUT2D eigenvalue weighted by atomic mass is 9.87. The second-order valence-corrected chi connectivity index (χ2v) is 15.9. The number of methoxy groups -OCH3 is 1. The van der Waals surface area contributed by atoms with Gasteiger partial charge in [-0.1, -0.05) is 59.6 Å². The van der Waals surface area contributed by atoms with Crippen LogP contribution in [-0.4, -0.2) is 78.8 Å². The Morgan fingerprint density at radius 1 is 0.911 bits per heavy atom. The summed E-state index contributed by atoms with van der Waals surface area (Å²) < 4.78 is 15.7. The molecule has 3 aromatic carbocycles. The van der Waals surface area contributed by atoms with E-state index < -0.39 is 47.5 Å². The SMILES string of the molecule is COC(O)[C@H](CNC(=O)CNC1CCCc2ccc(N/C(=N/C(=O)OC(C)(C)C)NC(=O)OC(C)(C)C)cc21)NC(=O)c1c(Cl)cc(-c2ccccc2)cc1Cl.